The summed E-state index contributed by atoms with van der Waals surface area (Å²) in [6, 6.07) is 21.6. The van der Waals surface area contributed by atoms with Gasteiger partial charge in [0.2, 0.25) is 11.8 Å². The smallest absolute Gasteiger partial charge is 0.247 e. The molecule has 7 heteroatoms. The lowest BCUT2D eigenvalue weighted by atomic mass is 9.97. The highest BCUT2D eigenvalue weighted by Crippen LogP contribution is 2.46. The van der Waals surface area contributed by atoms with Crippen molar-refractivity contribution in [2.45, 2.75) is 26.3 Å². The number of anilines is 2. The highest BCUT2D eigenvalue weighted by atomic mass is 16.5. The largest absolute Gasteiger partial charge is 0.439 e. The van der Waals surface area contributed by atoms with E-state index >= 15 is 0 Å². The van der Waals surface area contributed by atoms with Crippen LogP contribution in [0.4, 0.5) is 11.5 Å². The Bertz CT molecular complexity index is 1690. The molecule has 2 aromatic carbocycles. The van der Waals surface area contributed by atoms with Crippen molar-refractivity contribution in [1.82, 2.24) is 14.5 Å². The first kappa shape index (κ1) is 23.5. The van der Waals surface area contributed by atoms with Crippen LogP contribution >= 0.6 is 0 Å². The van der Waals surface area contributed by atoms with Crippen LogP contribution in [0, 0.1) is 6.92 Å². The zero-order valence-electron chi connectivity index (χ0n) is 21.1. The molecule has 0 fully saturated rings. The van der Waals surface area contributed by atoms with Crippen molar-refractivity contribution in [2.75, 3.05) is 11.1 Å². The minimum Gasteiger partial charge on any atom is -0.439 e. The molecule has 6 rings (SSSR count). The molecule has 3 aromatic heterocycles. The number of hydrogen-bond donors (Lipinski definition) is 2. The Hall–Kier alpha value is -4.91. The van der Waals surface area contributed by atoms with E-state index in [4.69, 9.17) is 10.5 Å². The van der Waals surface area contributed by atoms with Gasteiger partial charge in [0.15, 0.2) is 0 Å². The lowest BCUT2D eigenvalue weighted by Gasteiger charge is -2.18. The van der Waals surface area contributed by atoms with E-state index in [1.807, 2.05) is 67.7 Å². The molecule has 0 bridgehead atoms. The molecule has 0 aliphatic carbocycles. The second-order valence-corrected chi connectivity index (χ2v) is 9.39. The van der Waals surface area contributed by atoms with E-state index in [2.05, 4.69) is 38.6 Å². The number of ether oxygens (including phenoxy) is 1. The van der Waals surface area contributed by atoms with Gasteiger partial charge in [-0.2, -0.15) is 0 Å². The van der Waals surface area contributed by atoms with Gasteiger partial charge < -0.3 is 20.4 Å². The second-order valence-electron chi connectivity index (χ2n) is 9.39. The molecule has 0 radical (unpaired) electrons. The minimum atomic E-state index is -0.242. The van der Waals surface area contributed by atoms with Crippen LogP contribution in [0.2, 0.25) is 0 Å². The molecule has 1 aliphatic heterocycles. The Balaban J connectivity index is 1.48. The predicted octanol–water partition coefficient (Wildman–Crippen LogP) is 6.52. The molecule has 0 atom stereocenters. The van der Waals surface area contributed by atoms with Crippen molar-refractivity contribution in [3.63, 3.8) is 0 Å². The maximum Gasteiger partial charge on any atom is 0.247 e. The monoisotopic (exact) mass is 501 g/mol. The molecule has 188 valence electrons. The number of aryl methyl sites for hydroxylation is 3. The lowest BCUT2D eigenvalue weighted by Crippen LogP contribution is -2.10. The molecule has 4 heterocycles. The Morgan fingerprint density at radius 3 is 2.58 bits per heavy atom. The number of rotatable bonds is 6. The summed E-state index contributed by atoms with van der Waals surface area (Å²) in [6.45, 7) is 6.35. The van der Waals surface area contributed by atoms with Crippen LogP contribution in [-0.2, 0) is 17.8 Å². The number of aromatic nitrogens is 3. The molecular formula is C31H27N5O2. The molecular weight excluding hydrogens is 474 g/mol. The first-order chi connectivity index (χ1) is 18.5. The van der Waals surface area contributed by atoms with Gasteiger partial charge in [-0.15, -0.1) is 0 Å². The third-order valence-corrected chi connectivity index (χ3v) is 6.85. The van der Waals surface area contributed by atoms with Crippen LogP contribution < -0.4 is 15.8 Å². The van der Waals surface area contributed by atoms with E-state index in [0.717, 1.165) is 58.4 Å². The topological polar surface area (TPSA) is 95.1 Å². The number of carbonyl (C=O) groups is 1. The van der Waals surface area contributed by atoms with Crippen molar-refractivity contribution in [3.05, 3.63) is 96.8 Å². The van der Waals surface area contributed by atoms with Gasteiger partial charge in [0.1, 0.15) is 11.6 Å². The van der Waals surface area contributed by atoms with Gasteiger partial charge in [0, 0.05) is 35.8 Å². The molecule has 0 spiro atoms. The first-order valence-electron chi connectivity index (χ1n) is 12.6. The Labute approximate surface area is 220 Å². The van der Waals surface area contributed by atoms with Crippen LogP contribution in [0.15, 0.2) is 85.6 Å². The average molecular weight is 502 g/mol. The molecule has 0 saturated carbocycles. The fraction of sp³-hybridized carbons (Fsp3) is 0.129. The lowest BCUT2D eigenvalue weighted by molar-refractivity contribution is -0.111. The average Bonchev–Trinajstić information content (AvgIpc) is 3.28. The normalized spacial score (nSPS) is 12.3. The summed E-state index contributed by atoms with van der Waals surface area (Å²) in [5, 5.41) is 3.79. The molecule has 7 nitrogen and oxygen atoms in total. The number of nitrogens with two attached hydrogens (primary N) is 1. The molecule has 0 unspecified atom stereocenters. The van der Waals surface area contributed by atoms with E-state index in [9.17, 15) is 4.79 Å². The standard InChI is InChI=1S/C31H27N5O2/c1-3-25(37)35-23-13-9-21(10-14-23)29-27(28-30-22(18-33-31(28)32)7-5-17-36(29)30)20-11-15-24(16-12-20)38-26-8-4-6-19(2)34-26/h3-4,6,8-16,18H,1,5,7,17H2,2H3,(H2,32,33)(H,35,37). The van der Waals surface area contributed by atoms with Crippen molar-refractivity contribution in [1.29, 1.82) is 0 Å². The van der Waals surface area contributed by atoms with Crippen LogP contribution in [0.5, 0.6) is 11.6 Å². The summed E-state index contributed by atoms with van der Waals surface area (Å²) in [4.78, 5) is 20.8. The van der Waals surface area contributed by atoms with E-state index in [0.29, 0.717) is 23.1 Å². The highest BCUT2D eigenvalue weighted by molar-refractivity contribution is 6.10. The van der Waals surface area contributed by atoms with E-state index in [1.54, 1.807) is 0 Å². The van der Waals surface area contributed by atoms with Crippen molar-refractivity contribution >= 4 is 28.3 Å². The Kier molecular flexibility index (Phi) is 5.88. The number of nitrogens with one attached hydrogen (secondary N) is 1. The predicted molar refractivity (Wildman–Crippen MR) is 151 cm³/mol. The van der Waals surface area contributed by atoms with Gasteiger partial charge in [-0.25, -0.2) is 9.97 Å². The number of amides is 1. The number of pyridine rings is 2. The van der Waals surface area contributed by atoms with Gasteiger partial charge in [0.05, 0.1) is 16.6 Å². The van der Waals surface area contributed by atoms with Gasteiger partial charge in [-0.1, -0.05) is 36.9 Å². The number of nitrogen functional groups attached to an aromatic ring is 1. The zero-order valence-corrected chi connectivity index (χ0v) is 21.1. The number of carbonyl (C=O) groups excluding carboxylic acids is 1. The van der Waals surface area contributed by atoms with Crippen LogP contribution in [0.3, 0.4) is 0 Å². The number of nitrogens with zero attached hydrogens (tertiary/aromatic N) is 3. The summed E-state index contributed by atoms with van der Waals surface area (Å²) >= 11 is 0. The van der Waals surface area contributed by atoms with E-state index in [1.165, 1.54) is 11.6 Å². The molecule has 38 heavy (non-hydrogen) atoms. The van der Waals surface area contributed by atoms with Gasteiger partial charge in [0.25, 0.3) is 0 Å². The maximum atomic E-state index is 11.8. The summed E-state index contributed by atoms with van der Waals surface area (Å²) in [7, 11) is 0. The highest BCUT2D eigenvalue weighted by Gasteiger charge is 2.26. The Morgan fingerprint density at radius 1 is 1.08 bits per heavy atom. The minimum absolute atomic E-state index is 0.242. The van der Waals surface area contributed by atoms with Crippen molar-refractivity contribution in [2.24, 2.45) is 0 Å². The third kappa shape index (κ3) is 4.18. The summed E-state index contributed by atoms with van der Waals surface area (Å²) < 4.78 is 8.35. The van der Waals surface area contributed by atoms with E-state index < -0.39 is 0 Å². The van der Waals surface area contributed by atoms with Gasteiger partial charge in [-0.05, 0) is 72.9 Å². The molecule has 1 aliphatic rings. The second kappa shape index (κ2) is 9.52. The zero-order chi connectivity index (χ0) is 26.2. The first-order valence-corrected chi connectivity index (χ1v) is 12.6. The summed E-state index contributed by atoms with van der Waals surface area (Å²) in [5.74, 6) is 1.53. The van der Waals surface area contributed by atoms with Crippen LogP contribution in [0.1, 0.15) is 17.7 Å². The SMILES string of the molecule is C=CC(=O)Nc1ccc(-c2c(-c3ccc(Oc4cccc(C)n4)cc3)c3c(N)ncc4c3n2CCC4)cc1. The molecule has 3 N–H and O–H groups in total. The van der Waals surface area contributed by atoms with Crippen LogP contribution in [-0.4, -0.2) is 20.4 Å². The fourth-order valence-corrected chi connectivity index (χ4v) is 5.18. The number of benzene rings is 2. The van der Waals surface area contributed by atoms with Crippen LogP contribution in [0.25, 0.3) is 33.3 Å². The fourth-order valence-electron chi connectivity index (χ4n) is 5.18. The van der Waals surface area contributed by atoms with Gasteiger partial charge in [-0.3, -0.25) is 4.79 Å². The molecule has 5 aromatic rings. The maximum absolute atomic E-state index is 11.8. The quantitative estimate of drug-likeness (QED) is 0.258. The van der Waals surface area contributed by atoms with Gasteiger partial charge >= 0.3 is 0 Å². The molecule has 1 amide bonds. The Morgan fingerprint density at radius 2 is 1.84 bits per heavy atom. The van der Waals surface area contributed by atoms with E-state index in [-0.39, 0.29) is 5.91 Å². The number of hydrogen-bond acceptors (Lipinski definition) is 5. The summed E-state index contributed by atoms with van der Waals surface area (Å²) in [6.07, 6.45) is 5.16. The third-order valence-electron chi connectivity index (χ3n) is 6.85. The summed E-state index contributed by atoms with van der Waals surface area (Å²) in [5.41, 5.74) is 14.7. The molecule has 0 saturated heterocycles. The van der Waals surface area contributed by atoms with Crippen molar-refractivity contribution in [3.8, 4) is 34.0 Å². The van der Waals surface area contributed by atoms with Crippen molar-refractivity contribution < 1.29 is 9.53 Å².